The molecule has 1 aliphatic heterocycles. The van der Waals surface area contributed by atoms with Gasteiger partial charge in [-0.2, -0.15) is 0 Å². The van der Waals surface area contributed by atoms with Gasteiger partial charge in [-0.3, -0.25) is 0 Å². The van der Waals surface area contributed by atoms with Crippen LogP contribution >= 0.6 is 0 Å². The van der Waals surface area contributed by atoms with Crippen LogP contribution in [0.5, 0.6) is 5.75 Å². The van der Waals surface area contributed by atoms with Gasteiger partial charge in [0.2, 0.25) is 0 Å². The predicted molar refractivity (Wildman–Crippen MR) is 99.8 cm³/mol. The normalized spacial score (nSPS) is 22.6. The Balaban J connectivity index is 1.62. The SMILES string of the molecule is CCC[C@@H]1OC(C)(C)OC1C/C=C\CCOCc1ccc(OC)cc1. The summed E-state index contributed by atoms with van der Waals surface area (Å²) in [5.41, 5.74) is 1.16. The number of benzene rings is 1. The molecule has 1 unspecified atom stereocenters. The standard InChI is InChI=1S/C21H32O4/c1-5-9-19-20(25-21(2,3)24-19)10-7-6-8-15-23-16-17-11-13-18(22-4)14-12-17/h6-7,11-14,19-20H,5,8-10,15-16H2,1-4H3/b7-6-/t19-,20?/m0/s1. The quantitative estimate of drug-likeness (QED) is 0.446. The molecule has 1 fully saturated rings. The molecule has 4 heteroatoms. The highest BCUT2D eigenvalue weighted by Crippen LogP contribution is 2.32. The van der Waals surface area contributed by atoms with Crippen LogP contribution in [0, 0.1) is 0 Å². The van der Waals surface area contributed by atoms with E-state index in [1.165, 1.54) is 0 Å². The molecule has 0 N–H and O–H groups in total. The molecule has 140 valence electrons. The molecule has 25 heavy (non-hydrogen) atoms. The van der Waals surface area contributed by atoms with Crippen molar-refractivity contribution in [2.24, 2.45) is 0 Å². The van der Waals surface area contributed by atoms with Crippen LogP contribution in [0.15, 0.2) is 36.4 Å². The Bertz CT molecular complexity index is 521. The molecule has 0 saturated carbocycles. The highest BCUT2D eigenvalue weighted by Gasteiger charge is 2.39. The average Bonchev–Trinajstić information content (AvgIpc) is 2.88. The molecule has 1 aromatic carbocycles. The molecule has 1 saturated heterocycles. The smallest absolute Gasteiger partial charge is 0.163 e. The minimum Gasteiger partial charge on any atom is -0.497 e. The van der Waals surface area contributed by atoms with Crippen molar-refractivity contribution in [1.29, 1.82) is 0 Å². The summed E-state index contributed by atoms with van der Waals surface area (Å²) in [4.78, 5) is 0. The fourth-order valence-electron chi connectivity index (χ4n) is 3.05. The van der Waals surface area contributed by atoms with Gasteiger partial charge in [0, 0.05) is 0 Å². The summed E-state index contributed by atoms with van der Waals surface area (Å²) >= 11 is 0. The second-order valence-electron chi connectivity index (χ2n) is 6.90. The van der Waals surface area contributed by atoms with Crippen molar-refractivity contribution < 1.29 is 18.9 Å². The summed E-state index contributed by atoms with van der Waals surface area (Å²) in [5.74, 6) is 0.411. The summed E-state index contributed by atoms with van der Waals surface area (Å²) in [6.45, 7) is 7.51. The van der Waals surface area contributed by atoms with Crippen molar-refractivity contribution in [1.82, 2.24) is 0 Å². The van der Waals surface area contributed by atoms with Crippen molar-refractivity contribution in [3.05, 3.63) is 42.0 Å². The molecule has 2 atom stereocenters. The average molecular weight is 348 g/mol. The van der Waals surface area contributed by atoms with Gasteiger partial charge in [-0.1, -0.05) is 37.6 Å². The minimum atomic E-state index is -0.459. The van der Waals surface area contributed by atoms with Crippen LogP contribution in [0.4, 0.5) is 0 Å². The first kappa shape index (κ1) is 20.0. The van der Waals surface area contributed by atoms with E-state index >= 15 is 0 Å². The minimum absolute atomic E-state index is 0.159. The number of rotatable bonds is 10. The molecular formula is C21H32O4. The van der Waals surface area contributed by atoms with Crippen LogP contribution in [0.25, 0.3) is 0 Å². The highest BCUT2D eigenvalue weighted by molar-refractivity contribution is 5.26. The molecule has 1 aliphatic rings. The Labute approximate surface area is 152 Å². The molecule has 0 aromatic heterocycles. The first-order chi connectivity index (χ1) is 12.0. The third kappa shape index (κ3) is 6.81. The van der Waals surface area contributed by atoms with Crippen LogP contribution in [-0.4, -0.2) is 31.7 Å². The summed E-state index contributed by atoms with van der Waals surface area (Å²) in [6.07, 6.45) is 8.69. The Morgan fingerprint density at radius 3 is 2.48 bits per heavy atom. The van der Waals surface area contributed by atoms with Crippen molar-refractivity contribution in [3.8, 4) is 5.75 Å². The first-order valence-corrected chi connectivity index (χ1v) is 9.25. The molecular weight excluding hydrogens is 316 g/mol. The lowest BCUT2D eigenvalue weighted by Gasteiger charge is -2.16. The van der Waals surface area contributed by atoms with Gasteiger partial charge < -0.3 is 18.9 Å². The second kappa shape index (κ2) is 9.95. The van der Waals surface area contributed by atoms with Crippen molar-refractivity contribution in [3.63, 3.8) is 0 Å². The molecule has 0 aliphatic carbocycles. The molecule has 0 bridgehead atoms. The zero-order valence-corrected chi connectivity index (χ0v) is 16.0. The third-order valence-corrected chi connectivity index (χ3v) is 4.25. The van der Waals surface area contributed by atoms with Gasteiger partial charge in [-0.15, -0.1) is 0 Å². The van der Waals surface area contributed by atoms with Crippen LogP contribution in [0.2, 0.25) is 0 Å². The van der Waals surface area contributed by atoms with E-state index in [2.05, 4.69) is 19.1 Å². The van der Waals surface area contributed by atoms with Crippen molar-refractivity contribution in [2.75, 3.05) is 13.7 Å². The fourth-order valence-corrected chi connectivity index (χ4v) is 3.05. The monoisotopic (exact) mass is 348 g/mol. The molecule has 0 amide bonds. The van der Waals surface area contributed by atoms with E-state index in [-0.39, 0.29) is 12.2 Å². The Hall–Kier alpha value is -1.36. The van der Waals surface area contributed by atoms with Crippen LogP contribution in [-0.2, 0) is 20.8 Å². The lowest BCUT2D eigenvalue weighted by molar-refractivity contribution is -0.146. The lowest BCUT2D eigenvalue weighted by Crippen LogP contribution is -2.21. The van der Waals surface area contributed by atoms with Crippen molar-refractivity contribution >= 4 is 0 Å². The summed E-state index contributed by atoms with van der Waals surface area (Å²) < 4.78 is 22.8. The maximum absolute atomic E-state index is 6.00. The van der Waals surface area contributed by atoms with Crippen LogP contribution in [0.1, 0.15) is 52.0 Å². The first-order valence-electron chi connectivity index (χ1n) is 9.25. The van der Waals surface area contributed by atoms with Gasteiger partial charge in [-0.05, 0) is 50.8 Å². The van der Waals surface area contributed by atoms with Gasteiger partial charge in [0.25, 0.3) is 0 Å². The van der Waals surface area contributed by atoms with Gasteiger partial charge in [-0.25, -0.2) is 0 Å². The fraction of sp³-hybridized carbons (Fsp3) is 0.619. The van der Waals surface area contributed by atoms with E-state index in [0.717, 1.165) is 37.0 Å². The summed E-state index contributed by atoms with van der Waals surface area (Å²) in [7, 11) is 1.67. The zero-order chi connectivity index (χ0) is 18.1. The van der Waals surface area contributed by atoms with Gasteiger partial charge in [0.05, 0.1) is 32.5 Å². The molecule has 1 aromatic rings. The lowest BCUT2D eigenvalue weighted by atomic mass is 10.1. The Morgan fingerprint density at radius 2 is 1.80 bits per heavy atom. The number of ether oxygens (including phenoxy) is 4. The third-order valence-electron chi connectivity index (χ3n) is 4.25. The molecule has 2 rings (SSSR count). The predicted octanol–water partition coefficient (Wildman–Crippen LogP) is 4.87. The number of hydrogen-bond donors (Lipinski definition) is 0. The largest absolute Gasteiger partial charge is 0.497 e. The van der Waals surface area contributed by atoms with Crippen molar-refractivity contribution in [2.45, 2.75) is 71.1 Å². The summed E-state index contributed by atoms with van der Waals surface area (Å²) in [5, 5.41) is 0. The number of hydrogen-bond acceptors (Lipinski definition) is 4. The molecule has 0 radical (unpaired) electrons. The van der Waals surface area contributed by atoms with Crippen LogP contribution in [0.3, 0.4) is 0 Å². The topological polar surface area (TPSA) is 36.9 Å². The van der Waals surface area contributed by atoms with E-state index in [4.69, 9.17) is 18.9 Å². The Kier molecular flexibility index (Phi) is 7.94. The van der Waals surface area contributed by atoms with E-state index in [1.54, 1.807) is 7.11 Å². The van der Waals surface area contributed by atoms with E-state index in [0.29, 0.717) is 13.2 Å². The summed E-state index contributed by atoms with van der Waals surface area (Å²) in [6, 6.07) is 7.97. The van der Waals surface area contributed by atoms with Gasteiger partial charge in [0.15, 0.2) is 5.79 Å². The maximum atomic E-state index is 6.00. The van der Waals surface area contributed by atoms with E-state index < -0.39 is 5.79 Å². The van der Waals surface area contributed by atoms with Gasteiger partial charge in [0.1, 0.15) is 5.75 Å². The number of methoxy groups -OCH3 is 1. The highest BCUT2D eigenvalue weighted by atomic mass is 16.7. The molecule has 4 nitrogen and oxygen atoms in total. The zero-order valence-electron chi connectivity index (χ0n) is 16.0. The van der Waals surface area contributed by atoms with Crippen LogP contribution < -0.4 is 4.74 Å². The second-order valence-corrected chi connectivity index (χ2v) is 6.90. The van der Waals surface area contributed by atoms with E-state index in [9.17, 15) is 0 Å². The van der Waals surface area contributed by atoms with E-state index in [1.807, 2.05) is 38.1 Å². The Morgan fingerprint density at radius 1 is 1.08 bits per heavy atom. The maximum Gasteiger partial charge on any atom is 0.163 e. The molecule has 0 spiro atoms. The molecule has 1 heterocycles. The van der Waals surface area contributed by atoms with Gasteiger partial charge >= 0.3 is 0 Å².